The van der Waals surface area contributed by atoms with Crippen LogP contribution in [0.2, 0.25) is 0 Å². The van der Waals surface area contributed by atoms with Gasteiger partial charge in [-0.3, -0.25) is 10.1 Å². The summed E-state index contributed by atoms with van der Waals surface area (Å²) in [6.07, 6.45) is 0. The quantitative estimate of drug-likeness (QED) is 0.763. The van der Waals surface area contributed by atoms with Crippen LogP contribution in [0.1, 0.15) is 47.1 Å². The van der Waals surface area contributed by atoms with Gasteiger partial charge in [-0.05, 0) is 31.7 Å². The number of urea groups is 1. The molecule has 152 valence electrons. The maximum atomic E-state index is 12.0. The number of rotatable bonds is 4. The summed E-state index contributed by atoms with van der Waals surface area (Å²) in [6.45, 7) is 12.1. The van der Waals surface area contributed by atoms with E-state index in [9.17, 15) is 9.59 Å². The fourth-order valence-corrected chi connectivity index (χ4v) is 3.19. The van der Waals surface area contributed by atoms with Crippen LogP contribution in [0.5, 0.6) is 0 Å². The van der Waals surface area contributed by atoms with Crippen molar-refractivity contribution in [2.45, 2.75) is 57.7 Å². The zero-order chi connectivity index (χ0) is 21.1. The normalized spacial score (nSPS) is 12.0. The number of thioether (sulfide) groups is 1. The summed E-state index contributed by atoms with van der Waals surface area (Å²) in [5.41, 5.74) is 1.90. The number of carbonyl (C=O) groups is 2. The van der Waals surface area contributed by atoms with E-state index in [4.69, 9.17) is 0 Å². The van der Waals surface area contributed by atoms with E-state index in [1.165, 1.54) is 17.3 Å². The van der Waals surface area contributed by atoms with Gasteiger partial charge in [0.05, 0.1) is 5.75 Å². The number of imide groups is 1. The Bertz CT molecular complexity index is 845. The molecule has 2 N–H and O–H groups in total. The third-order valence-electron chi connectivity index (χ3n) is 3.92. The lowest BCUT2D eigenvalue weighted by molar-refractivity contribution is -0.117. The first-order chi connectivity index (χ1) is 12.9. The number of hydrogen-bond donors (Lipinski definition) is 2. The highest BCUT2D eigenvalue weighted by Gasteiger charge is 2.18. The first-order valence-electron chi connectivity index (χ1n) is 9.12. The van der Waals surface area contributed by atoms with E-state index in [1.807, 2.05) is 44.5 Å². The van der Waals surface area contributed by atoms with Crippen LogP contribution in [0.3, 0.4) is 0 Å². The van der Waals surface area contributed by atoms with Crippen LogP contribution in [0.25, 0.3) is 11.4 Å². The summed E-state index contributed by atoms with van der Waals surface area (Å²) in [5, 5.41) is 14.0. The highest BCUT2D eigenvalue weighted by molar-refractivity contribution is 7.99. The van der Waals surface area contributed by atoms with Gasteiger partial charge in [-0.25, -0.2) is 4.79 Å². The number of benzene rings is 1. The van der Waals surface area contributed by atoms with E-state index in [0.717, 1.165) is 11.4 Å². The number of aromatic nitrogens is 3. The predicted molar refractivity (Wildman–Crippen MR) is 112 cm³/mol. The number of carbonyl (C=O) groups excluding carboxylic acids is 2. The molecule has 3 amide bonds. The molecule has 2 aromatic rings. The van der Waals surface area contributed by atoms with Crippen molar-refractivity contribution in [2.75, 3.05) is 5.75 Å². The zero-order valence-electron chi connectivity index (χ0n) is 17.6. The molecule has 0 aliphatic rings. The van der Waals surface area contributed by atoms with Crippen LogP contribution in [-0.2, 0) is 17.3 Å². The average molecular weight is 404 g/mol. The molecule has 1 heterocycles. The summed E-state index contributed by atoms with van der Waals surface area (Å²) >= 11 is 1.24. The van der Waals surface area contributed by atoms with Crippen LogP contribution in [-0.4, -0.2) is 38.0 Å². The molecule has 0 aliphatic carbocycles. The molecule has 8 heteroatoms. The van der Waals surface area contributed by atoms with Gasteiger partial charge >= 0.3 is 6.03 Å². The summed E-state index contributed by atoms with van der Waals surface area (Å²) in [7, 11) is 1.86. The van der Waals surface area contributed by atoms with E-state index in [1.54, 1.807) is 0 Å². The molecule has 0 saturated heterocycles. The molecule has 0 radical (unpaired) electrons. The number of amides is 3. The molecule has 0 bridgehead atoms. The van der Waals surface area contributed by atoms with Crippen LogP contribution in [0, 0.1) is 0 Å². The van der Waals surface area contributed by atoms with Crippen molar-refractivity contribution < 1.29 is 9.59 Å². The molecule has 2 rings (SSSR count). The smallest absolute Gasteiger partial charge is 0.321 e. The van der Waals surface area contributed by atoms with Crippen molar-refractivity contribution in [1.82, 2.24) is 25.4 Å². The van der Waals surface area contributed by atoms with Gasteiger partial charge in [-0.1, -0.05) is 56.8 Å². The fraction of sp³-hybridized carbons (Fsp3) is 0.500. The second-order valence-electron chi connectivity index (χ2n) is 8.73. The van der Waals surface area contributed by atoms with Crippen molar-refractivity contribution in [3.63, 3.8) is 0 Å². The maximum absolute atomic E-state index is 12.0. The summed E-state index contributed by atoms with van der Waals surface area (Å²) < 4.78 is 1.85. The Morgan fingerprint density at radius 2 is 1.64 bits per heavy atom. The minimum absolute atomic E-state index is 0.0759. The third-order valence-corrected chi connectivity index (χ3v) is 4.94. The lowest BCUT2D eigenvalue weighted by Gasteiger charge is -2.20. The molecule has 7 nitrogen and oxygen atoms in total. The molecule has 0 atom stereocenters. The lowest BCUT2D eigenvalue weighted by Crippen LogP contribution is -2.48. The van der Waals surface area contributed by atoms with Crippen molar-refractivity contribution >= 4 is 23.7 Å². The van der Waals surface area contributed by atoms with E-state index >= 15 is 0 Å². The van der Waals surface area contributed by atoms with E-state index in [2.05, 4.69) is 53.7 Å². The van der Waals surface area contributed by atoms with Crippen molar-refractivity contribution in [2.24, 2.45) is 7.05 Å². The van der Waals surface area contributed by atoms with Crippen LogP contribution < -0.4 is 10.6 Å². The van der Waals surface area contributed by atoms with Gasteiger partial charge in [0.25, 0.3) is 0 Å². The first kappa shape index (κ1) is 21.9. The minimum Gasteiger partial charge on any atom is -0.333 e. The molecule has 0 fully saturated rings. The molecular formula is C20H29N5O2S. The van der Waals surface area contributed by atoms with E-state index in [-0.39, 0.29) is 17.1 Å². The first-order valence-corrected chi connectivity index (χ1v) is 10.1. The monoisotopic (exact) mass is 403 g/mol. The van der Waals surface area contributed by atoms with Gasteiger partial charge in [-0.15, -0.1) is 10.2 Å². The molecule has 1 aromatic heterocycles. The van der Waals surface area contributed by atoms with Crippen LogP contribution in [0.15, 0.2) is 29.4 Å². The zero-order valence-corrected chi connectivity index (χ0v) is 18.4. The second kappa shape index (κ2) is 8.34. The van der Waals surface area contributed by atoms with E-state index < -0.39 is 11.6 Å². The number of hydrogen-bond acceptors (Lipinski definition) is 5. The van der Waals surface area contributed by atoms with Crippen molar-refractivity contribution in [1.29, 1.82) is 0 Å². The number of nitrogens with zero attached hydrogens (tertiary/aromatic N) is 3. The Hall–Kier alpha value is -2.35. The highest BCUT2D eigenvalue weighted by Crippen LogP contribution is 2.26. The second-order valence-corrected chi connectivity index (χ2v) is 9.68. The van der Waals surface area contributed by atoms with Crippen LogP contribution >= 0.6 is 11.8 Å². The SMILES string of the molecule is Cn1c(SCC(=O)NC(=O)NC(C)(C)C)nnc1-c1ccc(C(C)(C)C)cc1. The summed E-state index contributed by atoms with van der Waals surface area (Å²) in [5.74, 6) is 0.423. The average Bonchev–Trinajstić information content (AvgIpc) is 2.91. The van der Waals surface area contributed by atoms with Crippen molar-refractivity contribution in [3.8, 4) is 11.4 Å². The van der Waals surface area contributed by atoms with Gasteiger partial charge in [0.1, 0.15) is 0 Å². The largest absolute Gasteiger partial charge is 0.333 e. The Balaban J connectivity index is 1.99. The highest BCUT2D eigenvalue weighted by atomic mass is 32.2. The Morgan fingerprint density at radius 3 is 2.18 bits per heavy atom. The van der Waals surface area contributed by atoms with Gasteiger partial charge in [-0.2, -0.15) is 0 Å². The lowest BCUT2D eigenvalue weighted by atomic mass is 9.87. The Kier molecular flexibility index (Phi) is 6.54. The molecule has 0 aliphatic heterocycles. The molecule has 28 heavy (non-hydrogen) atoms. The summed E-state index contributed by atoms with van der Waals surface area (Å²) in [6, 6.07) is 7.75. The van der Waals surface area contributed by atoms with Gasteiger partial charge < -0.3 is 9.88 Å². The molecular weight excluding hydrogens is 374 g/mol. The predicted octanol–water partition coefficient (Wildman–Crippen LogP) is 3.50. The Morgan fingerprint density at radius 1 is 1.04 bits per heavy atom. The standard InChI is InChI=1S/C20H29N5O2S/c1-19(2,3)14-10-8-13(9-11-14)16-23-24-18(25(16)7)28-12-15(26)21-17(27)22-20(4,5)6/h8-11H,12H2,1-7H3,(H2,21,22,26,27). The maximum Gasteiger partial charge on any atom is 0.321 e. The van der Waals surface area contributed by atoms with Gasteiger partial charge in [0, 0.05) is 18.2 Å². The minimum atomic E-state index is -0.504. The molecule has 1 aromatic carbocycles. The summed E-state index contributed by atoms with van der Waals surface area (Å²) in [4.78, 5) is 23.7. The third kappa shape index (κ3) is 6.09. The van der Waals surface area contributed by atoms with Crippen LogP contribution in [0.4, 0.5) is 4.79 Å². The van der Waals surface area contributed by atoms with Gasteiger partial charge in [0.15, 0.2) is 11.0 Å². The molecule has 0 saturated carbocycles. The van der Waals surface area contributed by atoms with Crippen molar-refractivity contribution in [3.05, 3.63) is 29.8 Å². The molecule has 0 unspecified atom stereocenters. The number of nitrogens with one attached hydrogen (secondary N) is 2. The Labute approximate surface area is 170 Å². The fourth-order valence-electron chi connectivity index (χ4n) is 2.48. The van der Waals surface area contributed by atoms with E-state index in [0.29, 0.717) is 5.16 Å². The topological polar surface area (TPSA) is 88.9 Å². The molecule has 0 spiro atoms. The van der Waals surface area contributed by atoms with Gasteiger partial charge in [0.2, 0.25) is 5.91 Å².